The molecule has 8 heteroatoms. The van der Waals surface area contributed by atoms with E-state index in [2.05, 4.69) is 4.72 Å². The molecule has 1 N–H and O–H groups in total. The average molecular weight is 374 g/mol. The number of sulfonamides is 1. The Hall–Kier alpha value is -2.89. The second-order valence-corrected chi connectivity index (χ2v) is 7.11. The summed E-state index contributed by atoms with van der Waals surface area (Å²) < 4.78 is 37.0. The first-order valence-electron chi connectivity index (χ1n) is 7.68. The van der Waals surface area contributed by atoms with Crippen LogP contribution in [0.3, 0.4) is 0 Å². The SMILES string of the molecule is COc1ccc(S(=O)(=O)N[C@@H](C)C(=O)OCc2ccccc2C#N)cc1. The molecule has 2 rings (SSSR count). The molecule has 0 unspecified atom stereocenters. The lowest BCUT2D eigenvalue weighted by atomic mass is 10.1. The first-order valence-corrected chi connectivity index (χ1v) is 9.16. The van der Waals surface area contributed by atoms with Crippen LogP contribution in [0.25, 0.3) is 0 Å². The summed E-state index contributed by atoms with van der Waals surface area (Å²) in [6, 6.07) is 13.4. The van der Waals surface area contributed by atoms with E-state index in [0.717, 1.165) is 0 Å². The molecule has 136 valence electrons. The number of rotatable bonds is 7. The zero-order chi connectivity index (χ0) is 19.2. The molecule has 0 heterocycles. The Kier molecular flexibility index (Phi) is 6.33. The molecule has 2 aromatic carbocycles. The summed E-state index contributed by atoms with van der Waals surface area (Å²) in [6.07, 6.45) is 0. The highest BCUT2D eigenvalue weighted by Gasteiger charge is 2.23. The van der Waals surface area contributed by atoms with E-state index in [1.807, 2.05) is 6.07 Å². The highest BCUT2D eigenvalue weighted by Crippen LogP contribution is 2.16. The van der Waals surface area contributed by atoms with Crippen molar-refractivity contribution in [1.29, 1.82) is 5.26 Å². The maximum Gasteiger partial charge on any atom is 0.324 e. The number of nitriles is 1. The summed E-state index contributed by atoms with van der Waals surface area (Å²) in [4.78, 5) is 12.1. The van der Waals surface area contributed by atoms with Crippen molar-refractivity contribution in [1.82, 2.24) is 4.72 Å². The quantitative estimate of drug-likeness (QED) is 0.743. The zero-order valence-electron chi connectivity index (χ0n) is 14.3. The highest BCUT2D eigenvalue weighted by atomic mass is 32.2. The summed E-state index contributed by atoms with van der Waals surface area (Å²) >= 11 is 0. The first-order chi connectivity index (χ1) is 12.4. The maximum absolute atomic E-state index is 12.3. The van der Waals surface area contributed by atoms with Crippen LogP contribution in [0.4, 0.5) is 0 Å². The Morgan fingerprint density at radius 2 is 1.85 bits per heavy atom. The molecule has 0 aliphatic rings. The van der Waals surface area contributed by atoms with Crippen LogP contribution in [0.15, 0.2) is 53.4 Å². The molecule has 0 saturated heterocycles. The minimum Gasteiger partial charge on any atom is -0.497 e. The fourth-order valence-corrected chi connectivity index (χ4v) is 3.33. The van der Waals surface area contributed by atoms with Crippen LogP contribution in [0.1, 0.15) is 18.1 Å². The van der Waals surface area contributed by atoms with Crippen molar-refractivity contribution in [2.75, 3.05) is 7.11 Å². The van der Waals surface area contributed by atoms with Crippen molar-refractivity contribution >= 4 is 16.0 Å². The molecule has 0 aromatic heterocycles. The molecule has 0 aliphatic heterocycles. The maximum atomic E-state index is 12.3. The smallest absolute Gasteiger partial charge is 0.324 e. The summed E-state index contributed by atoms with van der Waals surface area (Å²) in [5, 5.41) is 9.02. The lowest BCUT2D eigenvalue weighted by Gasteiger charge is -2.14. The summed E-state index contributed by atoms with van der Waals surface area (Å²) in [5.74, 6) is -0.220. The largest absolute Gasteiger partial charge is 0.497 e. The van der Waals surface area contributed by atoms with E-state index >= 15 is 0 Å². The van der Waals surface area contributed by atoms with Crippen LogP contribution >= 0.6 is 0 Å². The molecule has 0 fully saturated rings. The van der Waals surface area contributed by atoms with Crippen LogP contribution in [0.5, 0.6) is 5.75 Å². The van der Waals surface area contributed by atoms with Crippen LogP contribution in [-0.2, 0) is 26.2 Å². The minimum atomic E-state index is -3.88. The number of esters is 1. The lowest BCUT2D eigenvalue weighted by Crippen LogP contribution is -2.39. The number of nitrogens with one attached hydrogen (secondary N) is 1. The molecule has 0 saturated carbocycles. The van der Waals surface area contributed by atoms with Gasteiger partial charge in [-0.1, -0.05) is 18.2 Å². The van der Waals surface area contributed by atoms with E-state index in [-0.39, 0.29) is 11.5 Å². The molecule has 0 amide bonds. The van der Waals surface area contributed by atoms with Gasteiger partial charge in [0.15, 0.2) is 0 Å². The van der Waals surface area contributed by atoms with Crippen LogP contribution < -0.4 is 9.46 Å². The van der Waals surface area contributed by atoms with E-state index in [1.165, 1.54) is 38.3 Å². The molecule has 7 nitrogen and oxygen atoms in total. The van der Waals surface area contributed by atoms with Gasteiger partial charge in [-0.3, -0.25) is 4.79 Å². The van der Waals surface area contributed by atoms with E-state index in [0.29, 0.717) is 16.9 Å². The van der Waals surface area contributed by atoms with Gasteiger partial charge >= 0.3 is 5.97 Å². The van der Waals surface area contributed by atoms with Crippen molar-refractivity contribution in [3.63, 3.8) is 0 Å². The van der Waals surface area contributed by atoms with Gasteiger partial charge in [0.1, 0.15) is 18.4 Å². The third-order valence-electron chi connectivity index (χ3n) is 3.56. The molecule has 2 aromatic rings. The van der Waals surface area contributed by atoms with Crippen LogP contribution in [-0.4, -0.2) is 27.5 Å². The van der Waals surface area contributed by atoms with Gasteiger partial charge in [0.05, 0.1) is 23.6 Å². The van der Waals surface area contributed by atoms with Gasteiger partial charge in [0.25, 0.3) is 0 Å². The predicted molar refractivity (Wildman–Crippen MR) is 93.7 cm³/mol. The van der Waals surface area contributed by atoms with E-state index in [4.69, 9.17) is 14.7 Å². The number of ether oxygens (including phenoxy) is 2. The summed E-state index contributed by atoms with van der Waals surface area (Å²) in [7, 11) is -2.41. The van der Waals surface area contributed by atoms with E-state index in [9.17, 15) is 13.2 Å². The monoisotopic (exact) mass is 374 g/mol. The van der Waals surface area contributed by atoms with E-state index in [1.54, 1.807) is 24.3 Å². The molecule has 0 radical (unpaired) electrons. The van der Waals surface area contributed by atoms with E-state index < -0.39 is 22.0 Å². The Bertz CT molecular complexity index is 917. The van der Waals surface area contributed by atoms with Crippen LogP contribution in [0, 0.1) is 11.3 Å². The van der Waals surface area contributed by atoms with Gasteiger partial charge < -0.3 is 9.47 Å². The number of benzene rings is 2. The molecule has 0 spiro atoms. The number of hydrogen-bond donors (Lipinski definition) is 1. The average Bonchev–Trinajstić information content (AvgIpc) is 2.65. The summed E-state index contributed by atoms with van der Waals surface area (Å²) in [5.41, 5.74) is 0.945. The lowest BCUT2D eigenvalue weighted by molar-refractivity contribution is -0.146. The molecule has 1 atom stereocenters. The van der Waals surface area contributed by atoms with Gasteiger partial charge in [-0.2, -0.15) is 9.98 Å². The van der Waals surface area contributed by atoms with Crippen molar-refractivity contribution in [3.8, 4) is 11.8 Å². The Labute approximate surface area is 152 Å². The van der Waals surface area contributed by atoms with Gasteiger partial charge in [0, 0.05) is 5.56 Å². The van der Waals surface area contributed by atoms with Crippen LogP contribution in [0.2, 0.25) is 0 Å². The van der Waals surface area contributed by atoms with Gasteiger partial charge in [-0.05, 0) is 37.3 Å². The normalized spacial score (nSPS) is 12.0. The third kappa shape index (κ3) is 4.81. The number of carbonyl (C=O) groups is 1. The zero-order valence-corrected chi connectivity index (χ0v) is 15.1. The Balaban J connectivity index is 2.00. The highest BCUT2D eigenvalue weighted by molar-refractivity contribution is 7.89. The number of nitrogens with zero attached hydrogens (tertiary/aromatic N) is 1. The number of methoxy groups -OCH3 is 1. The summed E-state index contributed by atoms with van der Waals surface area (Å²) in [6.45, 7) is 1.27. The fraction of sp³-hybridized carbons (Fsp3) is 0.222. The topological polar surface area (TPSA) is 105 Å². The Morgan fingerprint density at radius 3 is 2.46 bits per heavy atom. The number of hydrogen-bond acceptors (Lipinski definition) is 6. The standard InChI is InChI=1S/C18H18N2O5S/c1-13(18(21)25-12-15-6-4-3-5-14(15)11-19)20-26(22,23)17-9-7-16(24-2)8-10-17/h3-10,13,20H,12H2,1-2H3/t13-/m0/s1. The number of carbonyl (C=O) groups excluding carboxylic acids is 1. The first kappa shape index (κ1) is 19.4. The van der Waals surface area contributed by atoms with Gasteiger partial charge in [-0.25, -0.2) is 8.42 Å². The van der Waals surface area contributed by atoms with Crippen molar-refractivity contribution in [2.24, 2.45) is 0 Å². The molecular formula is C18H18N2O5S. The third-order valence-corrected chi connectivity index (χ3v) is 5.12. The molecule has 0 aliphatic carbocycles. The molecule has 0 bridgehead atoms. The van der Waals surface area contributed by atoms with Crippen molar-refractivity contribution < 1.29 is 22.7 Å². The van der Waals surface area contributed by atoms with Gasteiger partial charge in [0.2, 0.25) is 10.0 Å². The second kappa shape index (κ2) is 8.47. The van der Waals surface area contributed by atoms with Gasteiger partial charge in [-0.15, -0.1) is 0 Å². The van der Waals surface area contributed by atoms with Crippen molar-refractivity contribution in [3.05, 3.63) is 59.7 Å². The molecule has 26 heavy (non-hydrogen) atoms. The second-order valence-electron chi connectivity index (χ2n) is 5.40. The fourth-order valence-electron chi connectivity index (χ4n) is 2.13. The predicted octanol–water partition coefficient (Wildman–Crippen LogP) is 1.98. The Morgan fingerprint density at radius 1 is 1.19 bits per heavy atom. The minimum absolute atomic E-state index is 0.00720. The molecular weight excluding hydrogens is 356 g/mol. The van der Waals surface area contributed by atoms with Crippen molar-refractivity contribution in [2.45, 2.75) is 24.5 Å².